The summed E-state index contributed by atoms with van der Waals surface area (Å²) in [6.45, 7) is 4.81. The molecule has 0 spiro atoms. The predicted molar refractivity (Wildman–Crippen MR) is 66.1 cm³/mol. The Labute approximate surface area is 97.2 Å². The molecule has 2 rings (SSSR count). The molecule has 1 heterocycles. The Kier molecular flexibility index (Phi) is 3.75. The van der Waals surface area contributed by atoms with Crippen molar-refractivity contribution in [2.24, 2.45) is 0 Å². The van der Waals surface area contributed by atoms with Crippen LogP contribution in [0.4, 0.5) is 0 Å². The first-order valence-corrected chi connectivity index (χ1v) is 5.89. The van der Waals surface area contributed by atoms with Crippen LogP contribution in [-0.4, -0.2) is 29.2 Å². The molecule has 1 atom stereocenters. The van der Waals surface area contributed by atoms with Gasteiger partial charge in [0.05, 0.1) is 6.10 Å². The molecule has 1 aliphatic heterocycles. The van der Waals surface area contributed by atoms with Gasteiger partial charge < -0.3 is 5.11 Å². The second-order valence-corrected chi connectivity index (χ2v) is 4.44. The smallest absolute Gasteiger partial charge is 0.0734 e. The molecule has 1 aromatic rings. The molecule has 1 aliphatic rings. The first-order valence-electron chi connectivity index (χ1n) is 5.89. The zero-order chi connectivity index (χ0) is 11.4. The summed E-state index contributed by atoms with van der Waals surface area (Å²) < 4.78 is 0. The molecule has 1 unspecified atom stereocenters. The Balaban J connectivity index is 1.95. The van der Waals surface area contributed by atoms with Crippen LogP contribution < -0.4 is 0 Å². The highest BCUT2D eigenvalue weighted by Crippen LogP contribution is 2.15. The topological polar surface area (TPSA) is 23.5 Å². The van der Waals surface area contributed by atoms with Crippen LogP contribution in [0.15, 0.2) is 42.0 Å². The maximum atomic E-state index is 9.57. The van der Waals surface area contributed by atoms with Crippen molar-refractivity contribution in [2.45, 2.75) is 26.0 Å². The average molecular weight is 217 g/mol. The fourth-order valence-electron chi connectivity index (χ4n) is 2.11. The van der Waals surface area contributed by atoms with Crippen LogP contribution in [0.1, 0.15) is 18.9 Å². The normalized spacial score (nSPS) is 19.2. The van der Waals surface area contributed by atoms with Crippen molar-refractivity contribution in [3.05, 3.63) is 47.5 Å². The van der Waals surface area contributed by atoms with Crippen LogP contribution in [0.3, 0.4) is 0 Å². The quantitative estimate of drug-likeness (QED) is 0.785. The van der Waals surface area contributed by atoms with E-state index in [9.17, 15) is 5.11 Å². The minimum absolute atomic E-state index is 0.307. The molecule has 0 aromatic heterocycles. The molecule has 0 aliphatic carbocycles. The van der Waals surface area contributed by atoms with Crippen molar-refractivity contribution in [2.75, 3.05) is 13.1 Å². The van der Waals surface area contributed by atoms with E-state index >= 15 is 0 Å². The number of hydrogen-bond donors (Lipinski definition) is 1. The molecular weight excluding hydrogens is 198 g/mol. The van der Waals surface area contributed by atoms with Gasteiger partial charge in [-0.1, -0.05) is 36.4 Å². The van der Waals surface area contributed by atoms with Crippen molar-refractivity contribution < 1.29 is 5.11 Å². The highest BCUT2D eigenvalue weighted by atomic mass is 16.3. The second kappa shape index (κ2) is 5.28. The summed E-state index contributed by atoms with van der Waals surface area (Å²) in [7, 11) is 0. The van der Waals surface area contributed by atoms with Gasteiger partial charge in [-0.05, 0) is 24.5 Å². The number of rotatable bonds is 3. The highest BCUT2D eigenvalue weighted by Gasteiger charge is 2.15. The van der Waals surface area contributed by atoms with Crippen LogP contribution in [0.2, 0.25) is 0 Å². The summed E-state index contributed by atoms with van der Waals surface area (Å²) in [5, 5.41) is 9.57. The Morgan fingerprint density at radius 1 is 1.31 bits per heavy atom. The Bertz CT molecular complexity index is 356. The summed E-state index contributed by atoms with van der Waals surface area (Å²) in [5.41, 5.74) is 2.50. The van der Waals surface area contributed by atoms with E-state index in [-0.39, 0.29) is 6.10 Å². The van der Waals surface area contributed by atoms with E-state index in [1.54, 1.807) is 0 Å². The summed E-state index contributed by atoms with van der Waals surface area (Å²) in [6.07, 6.45) is 2.91. The van der Waals surface area contributed by atoms with Gasteiger partial charge in [-0.3, -0.25) is 4.90 Å². The van der Waals surface area contributed by atoms with Gasteiger partial charge in [0.15, 0.2) is 0 Å². The fourth-order valence-corrected chi connectivity index (χ4v) is 2.11. The zero-order valence-electron chi connectivity index (χ0n) is 9.76. The van der Waals surface area contributed by atoms with Crippen LogP contribution in [0, 0.1) is 0 Å². The zero-order valence-corrected chi connectivity index (χ0v) is 9.76. The molecule has 0 amide bonds. The number of nitrogens with zero attached hydrogens (tertiary/aromatic N) is 1. The number of benzene rings is 1. The minimum Gasteiger partial charge on any atom is -0.389 e. The van der Waals surface area contributed by atoms with Crippen LogP contribution in [0.5, 0.6) is 0 Å². The van der Waals surface area contributed by atoms with Gasteiger partial charge >= 0.3 is 0 Å². The van der Waals surface area contributed by atoms with Crippen molar-refractivity contribution in [3.8, 4) is 0 Å². The van der Waals surface area contributed by atoms with E-state index in [1.807, 2.05) is 13.0 Å². The summed E-state index contributed by atoms with van der Waals surface area (Å²) in [6, 6.07) is 10.5. The Hall–Kier alpha value is -1.12. The van der Waals surface area contributed by atoms with E-state index in [0.717, 1.165) is 31.6 Å². The van der Waals surface area contributed by atoms with Gasteiger partial charge in [0.2, 0.25) is 0 Å². The molecule has 16 heavy (non-hydrogen) atoms. The van der Waals surface area contributed by atoms with Gasteiger partial charge in [0.1, 0.15) is 0 Å². The standard InChI is InChI=1S/C14H19NO/c1-12(16)14-8-5-9-15(11-14)10-13-6-3-2-4-7-13/h2-4,6-8,12,16H,5,9-11H2,1H3. The summed E-state index contributed by atoms with van der Waals surface area (Å²) in [4.78, 5) is 2.39. The summed E-state index contributed by atoms with van der Waals surface area (Å²) in [5.74, 6) is 0. The molecule has 0 radical (unpaired) electrons. The lowest BCUT2D eigenvalue weighted by Gasteiger charge is -2.28. The number of aliphatic hydroxyl groups is 1. The largest absolute Gasteiger partial charge is 0.389 e. The van der Waals surface area contributed by atoms with Crippen molar-refractivity contribution in [1.82, 2.24) is 4.90 Å². The van der Waals surface area contributed by atoms with Crippen LogP contribution in [0.25, 0.3) is 0 Å². The first kappa shape index (κ1) is 11.4. The number of aliphatic hydroxyl groups excluding tert-OH is 1. The van der Waals surface area contributed by atoms with E-state index in [1.165, 1.54) is 5.56 Å². The fraction of sp³-hybridized carbons (Fsp3) is 0.429. The highest BCUT2D eigenvalue weighted by molar-refractivity contribution is 5.17. The molecule has 0 saturated heterocycles. The molecule has 0 bridgehead atoms. The average Bonchev–Trinajstić information content (AvgIpc) is 2.30. The molecule has 0 fully saturated rings. The minimum atomic E-state index is -0.307. The SMILES string of the molecule is CC(O)C1=CCCN(Cc2ccccc2)C1. The van der Waals surface area contributed by atoms with Crippen LogP contribution >= 0.6 is 0 Å². The third kappa shape index (κ3) is 2.94. The molecule has 1 aromatic carbocycles. The molecule has 2 nitrogen and oxygen atoms in total. The van der Waals surface area contributed by atoms with Gasteiger partial charge in [0, 0.05) is 19.6 Å². The maximum absolute atomic E-state index is 9.57. The Morgan fingerprint density at radius 2 is 2.06 bits per heavy atom. The van der Waals surface area contributed by atoms with Crippen molar-refractivity contribution >= 4 is 0 Å². The summed E-state index contributed by atoms with van der Waals surface area (Å²) >= 11 is 0. The van der Waals surface area contributed by atoms with Gasteiger partial charge in [-0.2, -0.15) is 0 Å². The molecule has 2 heteroatoms. The molecule has 86 valence electrons. The second-order valence-electron chi connectivity index (χ2n) is 4.44. The lowest BCUT2D eigenvalue weighted by Crippen LogP contribution is -2.32. The van der Waals surface area contributed by atoms with E-state index < -0.39 is 0 Å². The molecular formula is C14H19NO. The monoisotopic (exact) mass is 217 g/mol. The predicted octanol–water partition coefficient (Wildman–Crippen LogP) is 2.20. The van der Waals surface area contributed by atoms with E-state index in [4.69, 9.17) is 0 Å². The lowest BCUT2D eigenvalue weighted by atomic mass is 10.0. The third-order valence-corrected chi connectivity index (χ3v) is 3.04. The van der Waals surface area contributed by atoms with Crippen molar-refractivity contribution in [3.63, 3.8) is 0 Å². The third-order valence-electron chi connectivity index (χ3n) is 3.04. The van der Waals surface area contributed by atoms with Gasteiger partial charge in [-0.15, -0.1) is 0 Å². The number of hydrogen-bond acceptors (Lipinski definition) is 2. The molecule has 0 saturated carbocycles. The maximum Gasteiger partial charge on any atom is 0.0734 e. The van der Waals surface area contributed by atoms with E-state index in [2.05, 4.69) is 35.2 Å². The molecule has 1 N–H and O–H groups in total. The van der Waals surface area contributed by atoms with Gasteiger partial charge in [0.25, 0.3) is 0 Å². The van der Waals surface area contributed by atoms with Crippen LogP contribution in [-0.2, 0) is 6.54 Å². The van der Waals surface area contributed by atoms with Crippen molar-refractivity contribution in [1.29, 1.82) is 0 Å². The van der Waals surface area contributed by atoms with Gasteiger partial charge in [-0.25, -0.2) is 0 Å². The lowest BCUT2D eigenvalue weighted by molar-refractivity contribution is 0.197. The first-order chi connectivity index (χ1) is 7.75. The van der Waals surface area contributed by atoms with E-state index in [0.29, 0.717) is 0 Å². The Morgan fingerprint density at radius 3 is 2.75 bits per heavy atom.